The van der Waals surface area contributed by atoms with Gasteiger partial charge in [-0.1, -0.05) is 13.0 Å². The van der Waals surface area contributed by atoms with Gasteiger partial charge in [0.15, 0.2) is 0 Å². The van der Waals surface area contributed by atoms with E-state index in [1.165, 1.54) is 0 Å². The molecule has 0 saturated carbocycles. The third-order valence-corrected chi connectivity index (χ3v) is 2.80. The Morgan fingerprint density at radius 1 is 1.47 bits per heavy atom. The largest absolute Gasteiger partial charge is 0.478 e. The highest BCUT2D eigenvalue weighted by atomic mass is 32.2. The summed E-state index contributed by atoms with van der Waals surface area (Å²) < 4.78 is 5.11. The highest BCUT2D eigenvalue weighted by Gasteiger charge is 2.11. The lowest BCUT2D eigenvalue weighted by molar-refractivity contribution is -0.143. The Kier molecular flexibility index (Phi) is 9.24. The molecule has 0 aliphatic rings. The number of ether oxygens (including phenoxy) is 1. The summed E-state index contributed by atoms with van der Waals surface area (Å²) in [7, 11) is 0. The summed E-state index contributed by atoms with van der Waals surface area (Å²) in [6.07, 6.45) is 4.49. The van der Waals surface area contributed by atoms with E-state index in [0.717, 1.165) is 30.1 Å². The van der Waals surface area contributed by atoms with Crippen LogP contribution in [0.1, 0.15) is 19.8 Å². The number of hydrogen-bond acceptors (Lipinski definition) is 4. The number of esters is 1. The lowest BCUT2D eigenvalue weighted by Gasteiger charge is -2.14. The van der Waals surface area contributed by atoms with E-state index in [4.69, 9.17) is 9.84 Å². The number of carboxylic acid groups (broad SMARTS) is 1. The third kappa shape index (κ3) is 9.68. The molecule has 96 valence electrons. The average molecular weight is 258 g/mol. The molecule has 0 aliphatic heterocycles. The third-order valence-electron chi connectivity index (χ3n) is 1.86. The van der Waals surface area contributed by atoms with Gasteiger partial charge >= 0.3 is 11.9 Å². The second kappa shape index (κ2) is 9.96. The molecule has 5 heteroatoms. The number of carbonyl (C=O) groups excluding carboxylic acids is 1. The lowest BCUT2D eigenvalue weighted by atomic mass is 10.2. The first kappa shape index (κ1) is 15.8. The van der Waals surface area contributed by atoms with Crippen molar-refractivity contribution < 1.29 is 19.4 Å². The van der Waals surface area contributed by atoms with Crippen molar-refractivity contribution in [1.29, 1.82) is 0 Å². The maximum Gasteiger partial charge on any atom is 0.331 e. The van der Waals surface area contributed by atoms with Gasteiger partial charge in [-0.2, -0.15) is 11.8 Å². The molecule has 0 aromatic carbocycles. The van der Waals surface area contributed by atoms with Gasteiger partial charge in [-0.05, 0) is 17.9 Å². The Labute approximate surface area is 106 Å². The first-order chi connectivity index (χ1) is 8.10. The molecule has 0 radical (unpaired) electrons. The van der Waals surface area contributed by atoms with Gasteiger partial charge in [0.05, 0.1) is 0 Å². The van der Waals surface area contributed by atoms with E-state index in [9.17, 15) is 9.59 Å². The van der Waals surface area contributed by atoms with Gasteiger partial charge in [0.1, 0.15) is 6.10 Å². The molecular formula is C12H18O4S. The molecule has 0 saturated heterocycles. The second-order valence-electron chi connectivity index (χ2n) is 3.24. The average Bonchev–Trinajstić information content (AvgIpc) is 2.27. The van der Waals surface area contributed by atoms with Crippen LogP contribution < -0.4 is 0 Å². The van der Waals surface area contributed by atoms with E-state index in [-0.39, 0.29) is 6.10 Å². The van der Waals surface area contributed by atoms with E-state index >= 15 is 0 Å². The quantitative estimate of drug-likeness (QED) is 0.297. The van der Waals surface area contributed by atoms with Crippen molar-refractivity contribution in [3.05, 3.63) is 24.8 Å². The molecule has 1 unspecified atom stereocenters. The number of hydrogen-bond donors (Lipinski definition) is 1. The highest BCUT2D eigenvalue weighted by Crippen LogP contribution is 2.11. The van der Waals surface area contributed by atoms with Crippen molar-refractivity contribution in [2.45, 2.75) is 25.9 Å². The summed E-state index contributed by atoms with van der Waals surface area (Å²) in [5.41, 5.74) is 0. The fourth-order valence-electron chi connectivity index (χ4n) is 1.11. The van der Waals surface area contributed by atoms with E-state index in [1.807, 2.05) is 0 Å². The summed E-state index contributed by atoms with van der Waals surface area (Å²) in [6.45, 7) is 5.66. The predicted octanol–water partition coefficient (Wildman–Crippen LogP) is 2.26. The predicted molar refractivity (Wildman–Crippen MR) is 69.1 cm³/mol. The minimum Gasteiger partial charge on any atom is -0.478 e. The zero-order chi connectivity index (χ0) is 13.1. The van der Waals surface area contributed by atoms with Gasteiger partial charge in [0.2, 0.25) is 0 Å². The molecule has 1 atom stereocenters. The molecule has 0 aromatic heterocycles. The van der Waals surface area contributed by atoms with Gasteiger partial charge in [0, 0.05) is 18.6 Å². The van der Waals surface area contributed by atoms with Crippen LogP contribution in [-0.2, 0) is 14.3 Å². The maximum atomic E-state index is 11.3. The van der Waals surface area contributed by atoms with Crippen LogP contribution >= 0.6 is 11.8 Å². The highest BCUT2D eigenvalue weighted by molar-refractivity contribution is 7.99. The molecular weight excluding hydrogens is 240 g/mol. The molecule has 0 spiro atoms. The van der Waals surface area contributed by atoms with Crippen LogP contribution in [0, 0.1) is 0 Å². The smallest absolute Gasteiger partial charge is 0.331 e. The van der Waals surface area contributed by atoms with Gasteiger partial charge in [-0.15, -0.1) is 6.58 Å². The molecule has 0 aliphatic carbocycles. The number of thioether (sulfide) groups is 1. The summed E-state index contributed by atoms with van der Waals surface area (Å²) in [5, 5.41) is 8.36. The Balaban J connectivity index is 4.09. The molecule has 17 heavy (non-hydrogen) atoms. The summed E-state index contributed by atoms with van der Waals surface area (Å²) in [4.78, 5) is 21.5. The summed E-state index contributed by atoms with van der Waals surface area (Å²) in [5.74, 6) is 0.142. The molecule has 4 nitrogen and oxygen atoms in total. The Morgan fingerprint density at radius 2 is 2.18 bits per heavy atom. The monoisotopic (exact) mass is 258 g/mol. The van der Waals surface area contributed by atoms with E-state index < -0.39 is 11.9 Å². The fourth-order valence-corrected chi connectivity index (χ4v) is 1.83. The SMILES string of the molecule is C=CCC(CCSCC)OC(=O)C=CC(=O)O. The van der Waals surface area contributed by atoms with Gasteiger partial charge < -0.3 is 9.84 Å². The molecule has 1 N–H and O–H groups in total. The fraction of sp³-hybridized carbons (Fsp3) is 0.500. The van der Waals surface area contributed by atoms with Crippen molar-refractivity contribution >= 4 is 23.7 Å². The number of rotatable bonds is 9. The van der Waals surface area contributed by atoms with Crippen molar-refractivity contribution in [3.63, 3.8) is 0 Å². The van der Waals surface area contributed by atoms with Crippen LogP contribution in [0.3, 0.4) is 0 Å². The van der Waals surface area contributed by atoms with Gasteiger partial charge in [-0.3, -0.25) is 0 Å². The van der Waals surface area contributed by atoms with Crippen LogP contribution in [0.15, 0.2) is 24.8 Å². The molecule has 0 heterocycles. The standard InChI is InChI=1S/C12H18O4S/c1-3-5-10(8-9-17-4-2)16-12(15)7-6-11(13)14/h3,6-7,10H,1,4-5,8-9H2,2H3,(H,13,14). The minimum absolute atomic E-state index is 0.225. The molecule has 0 bridgehead atoms. The van der Waals surface area contributed by atoms with Gasteiger partial charge in [-0.25, -0.2) is 9.59 Å². The van der Waals surface area contributed by atoms with Crippen LogP contribution in [-0.4, -0.2) is 34.7 Å². The topological polar surface area (TPSA) is 63.6 Å². The van der Waals surface area contributed by atoms with Crippen LogP contribution in [0.25, 0.3) is 0 Å². The van der Waals surface area contributed by atoms with Crippen molar-refractivity contribution in [1.82, 2.24) is 0 Å². The molecule has 0 rings (SSSR count). The van der Waals surface area contributed by atoms with Crippen molar-refractivity contribution in [2.24, 2.45) is 0 Å². The van der Waals surface area contributed by atoms with Gasteiger partial charge in [0.25, 0.3) is 0 Å². The van der Waals surface area contributed by atoms with E-state index in [1.54, 1.807) is 17.8 Å². The van der Waals surface area contributed by atoms with Crippen molar-refractivity contribution in [2.75, 3.05) is 11.5 Å². The van der Waals surface area contributed by atoms with Crippen molar-refractivity contribution in [3.8, 4) is 0 Å². The molecule has 0 fully saturated rings. The number of aliphatic carboxylic acids is 1. The Morgan fingerprint density at radius 3 is 2.71 bits per heavy atom. The van der Waals surface area contributed by atoms with E-state index in [0.29, 0.717) is 6.42 Å². The zero-order valence-electron chi connectivity index (χ0n) is 9.93. The maximum absolute atomic E-state index is 11.3. The Hall–Kier alpha value is -1.23. The summed E-state index contributed by atoms with van der Waals surface area (Å²) in [6, 6.07) is 0. The zero-order valence-corrected chi connectivity index (χ0v) is 10.7. The lowest BCUT2D eigenvalue weighted by Crippen LogP contribution is -2.17. The molecule has 0 aromatic rings. The molecule has 0 amide bonds. The number of carboxylic acids is 1. The normalized spacial score (nSPS) is 12.3. The van der Waals surface area contributed by atoms with E-state index in [2.05, 4.69) is 13.5 Å². The first-order valence-corrected chi connectivity index (χ1v) is 6.55. The van der Waals surface area contributed by atoms with Crippen LogP contribution in [0.4, 0.5) is 0 Å². The summed E-state index contributed by atoms with van der Waals surface area (Å²) >= 11 is 1.77. The first-order valence-electron chi connectivity index (χ1n) is 5.40. The van der Waals surface area contributed by atoms with Crippen LogP contribution in [0.5, 0.6) is 0 Å². The second-order valence-corrected chi connectivity index (χ2v) is 4.63. The number of carbonyl (C=O) groups is 2. The minimum atomic E-state index is -1.16. The van der Waals surface area contributed by atoms with Crippen LogP contribution in [0.2, 0.25) is 0 Å². The Bertz CT molecular complexity index is 286.